The normalized spacial score (nSPS) is 14.9. The number of hydrogen-bond acceptors (Lipinski definition) is 6. The quantitative estimate of drug-likeness (QED) is 0.318. The summed E-state index contributed by atoms with van der Waals surface area (Å²) in [4.78, 5) is 40.5. The summed E-state index contributed by atoms with van der Waals surface area (Å²) in [6.45, 7) is 4.16. The zero-order valence-electron chi connectivity index (χ0n) is 24.2. The van der Waals surface area contributed by atoms with Gasteiger partial charge in [0.2, 0.25) is 5.91 Å². The number of nitrogens with one attached hydrogen (secondary N) is 1. The highest BCUT2D eigenvalue weighted by atomic mass is 19.1. The van der Waals surface area contributed by atoms with Crippen LogP contribution in [0.5, 0.6) is 11.5 Å². The second-order valence-corrected chi connectivity index (χ2v) is 9.87. The molecule has 0 radical (unpaired) electrons. The first-order chi connectivity index (χ1) is 20.3. The standard InChI is InChI=1S/C33H35FN2O6/c1-5-42-33(39)31-21(2)36(30(37)19-26(31)25-8-6-7-9-27(25)34)20-23-10-13-24(14-11-23)32(38)35-17-16-22-12-15-28(40-3)29(18-22)41-4/h6-15,18,26H,5,16-17,19-20H2,1-4H3,(H,35,38). The van der Waals surface area contributed by atoms with E-state index in [0.717, 1.165) is 11.1 Å². The Morgan fingerprint density at radius 2 is 1.67 bits per heavy atom. The first kappa shape index (κ1) is 30.3. The van der Waals surface area contributed by atoms with Gasteiger partial charge in [0.05, 0.1) is 32.9 Å². The van der Waals surface area contributed by atoms with Crippen molar-refractivity contribution >= 4 is 17.8 Å². The van der Waals surface area contributed by atoms with Gasteiger partial charge in [-0.15, -0.1) is 0 Å². The number of esters is 1. The third kappa shape index (κ3) is 6.79. The number of hydrogen-bond donors (Lipinski definition) is 1. The minimum absolute atomic E-state index is 0.0625. The Bertz CT molecular complexity index is 1480. The molecule has 220 valence electrons. The minimum Gasteiger partial charge on any atom is -0.493 e. The van der Waals surface area contributed by atoms with Crippen LogP contribution >= 0.6 is 0 Å². The van der Waals surface area contributed by atoms with E-state index in [1.54, 1.807) is 70.5 Å². The molecule has 8 nitrogen and oxygen atoms in total. The molecule has 0 spiro atoms. The van der Waals surface area contributed by atoms with Crippen molar-refractivity contribution in [3.63, 3.8) is 0 Å². The van der Waals surface area contributed by atoms with Crippen LogP contribution in [-0.2, 0) is 27.3 Å². The smallest absolute Gasteiger partial charge is 0.336 e. The molecule has 1 unspecified atom stereocenters. The number of ether oxygens (including phenoxy) is 3. The first-order valence-corrected chi connectivity index (χ1v) is 13.8. The summed E-state index contributed by atoms with van der Waals surface area (Å²) in [6, 6.07) is 18.7. The summed E-state index contributed by atoms with van der Waals surface area (Å²) in [5.41, 5.74) is 3.24. The molecule has 3 aromatic rings. The summed E-state index contributed by atoms with van der Waals surface area (Å²) in [7, 11) is 3.16. The SMILES string of the molecule is CCOC(=O)C1=C(C)N(Cc2ccc(C(=O)NCCc3ccc(OC)c(OC)c3)cc2)C(=O)CC1c1ccccc1F. The maximum Gasteiger partial charge on any atom is 0.336 e. The number of carbonyl (C=O) groups is 3. The maximum absolute atomic E-state index is 14.7. The molecule has 2 amide bonds. The van der Waals surface area contributed by atoms with Crippen molar-refractivity contribution in [1.82, 2.24) is 10.2 Å². The van der Waals surface area contributed by atoms with Gasteiger partial charge in [-0.1, -0.05) is 36.4 Å². The summed E-state index contributed by atoms with van der Waals surface area (Å²) in [5.74, 6) is -0.957. The Kier molecular flexibility index (Phi) is 9.96. The van der Waals surface area contributed by atoms with Crippen LogP contribution in [0.25, 0.3) is 0 Å². The number of nitrogens with zero attached hydrogens (tertiary/aromatic N) is 1. The topological polar surface area (TPSA) is 94.2 Å². The van der Waals surface area contributed by atoms with Gasteiger partial charge < -0.3 is 24.4 Å². The van der Waals surface area contributed by atoms with Gasteiger partial charge in [0.15, 0.2) is 11.5 Å². The largest absolute Gasteiger partial charge is 0.493 e. The van der Waals surface area contributed by atoms with Crippen molar-refractivity contribution in [2.45, 2.75) is 39.2 Å². The molecular weight excluding hydrogens is 539 g/mol. The predicted octanol–water partition coefficient (Wildman–Crippen LogP) is 5.17. The second kappa shape index (κ2) is 13.8. The molecule has 0 aliphatic carbocycles. The fourth-order valence-corrected chi connectivity index (χ4v) is 5.10. The van der Waals surface area contributed by atoms with Crippen LogP contribution in [0.1, 0.15) is 53.2 Å². The molecule has 1 heterocycles. The Labute approximate surface area is 245 Å². The molecule has 0 saturated carbocycles. The highest BCUT2D eigenvalue weighted by Crippen LogP contribution is 2.38. The molecule has 1 atom stereocenters. The highest BCUT2D eigenvalue weighted by Gasteiger charge is 2.38. The van der Waals surface area contributed by atoms with E-state index in [4.69, 9.17) is 14.2 Å². The molecule has 0 bridgehead atoms. The van der Waals surface area contributed by atoms with E-state index in [9.17, 15) is 18.8 Å². The van der Waals surface area contributed by atoms with Crippen molar-refractivity contribution < 1.29 is 33.0 Å². The molecule has 0 aromatic heterocycles. The summed E-state index contributed by atoms with van der Waals surface area (Å²) in [6.07, 6.45) is 0.552. The van der Waals surface area contributed by atoms with E-state index in [1.165, 1.54) is 11.0 Å². The number of allylic oxidation sites excluding steroid dienone is 1. The Hall–Kier alpha value is -4.66. The van der Waals surface area contributed by atoms with Crippen molar-refractivity contribution in [2.24, 2.45) is 0 Å². The monoisotopic (exact) mass is 574 g/mol. The molecular formula is C33H35FN2O6. The molecule has 0 fully saturated rings. The number of carbonyl (C=O) groups excluding carboxylic acids is 3. The van der Waals surface area contributed by atoms with Crippen LogP contribution in [0.4, 0.5) is 4.39 Å². The van der Waals surface area contributed by atoms with Crippen LogP contribution in [0.2, 0.25) is 0 Å². The van der Waals surface area contributed by atoms with Gasteiger partial charge in [-0.3, -0.25) is 9.59 Å². The second-order valence-electron chi connectivity index (χ2n) is 9.87. The van der Waals surface area contributed by atoms with Crippen LogP contribution in [0, 0.1) is 5.82 Å². The van der Waals surface area contributed by atoms with Gasteiger partial charge in [-0.05, 0) is 67.3 Å². The van der Waals surface area contributed by atoms with Gasteiger partial charge in [-0.25, -0.2) is 9.18 Å². The molecule has 9 heteroatoms. The van der Waals surface area contributed by atoms with E-state index in [-0.39, 0.29) is 42.5 Å². The van der Waals surface area contributed by atoms with E-state index < -0.39 is 17.7 Å². The van der Waals surface area contributed by atoms with Crippen LogP contribution < -0.4 is 14.8 Å². The number of methoxy groups -OCH3 is 2. The van der Waals surface area contributed by atoms with Gasteiger partial charge in [0.25, 0.3) is 5.91 Å². The summed E-state index contributed by atoms with van der Waals surface area (Å²) >= 11 is 0. The average molecular weight is 575 g/mol. The number of rotatable bonds is 11. The van der Waals surface area contributed by atoms with Crippen LogP contribution in [0.15, 0.2) is 78.0 Å². The summed E-state index contributed by atoms with van der Waals surface area (Å²) in [5, 5.41) is 2.92. The lowest BCUT2D eigenvalue weighted by molar-refractivity contribution is -0.140. The van der Waals surface area contributed by atoms with Crippen molar-refractivity contribution in [2.75, 3.05) is 27.4 Å². The van der Waals surface area contributed by atoms with Crippen molar-refractivity contribution in [3.05, 3.63) is 106 Å². The highest BCUT2D eigenvalue weighted by molar-refractivity contribution is 5.96. The van der Waals surface area contributed by atoms with E-state index in [2.05, 4.69) is 5.32 Å². The molecule has 42 heavy (non-hydrogen) atoms. The average Bonchev–Trinajstić information content (AvgIpc) is 2.99. The fraction of sp³-hybridized carbons (Fsp3) is 0.303. The molecule has 4 rings (SSSR count). The first-order valence-electron chi connectivity index (χ1n) is 13.8. The third-order valence-corrected chi connectivity index (χ3v) is 7.30. The van der Waals surface area contributed by atoms with Gasteiger partial charge in [0, 0.05) is 30.1 Å². The van der Waals surface area contributed by atoms with Crippen molar-refractivity contribution in [1.29, 1.82) is 0 Å². The number of amides is 2. The molecule has 1 aliphatic heterocycles. The molecule has 1 aliphatic rings. The van der Waals surface area contributed by atoms with Gasteiger partial charge >= 0.3 is 5.97 Å². The maximum atomic E-state index is 14.7. The number of benzene rings is 3. The third-order valence-electron chi connectivity index (χ3n) is 7.30. The van der Waals surface area contributed by atoms with Crippen LogP contribution in [-0.4, -0.2) is 50.1 Å². The summed E-state index contributed by atoms with van der Waals surface area (Å²) < 4.78 is 30.6. The lowest BCUT2D eigenvalue weighted by Crippen LogP contribution is -2.38. The van der Waals surface area contributed by atoms with Gasteiger partial charge in [0.1, 0.15) is 5.82 Å². The fourth-order valence-electron chi connectivity index (χ4n) is 5.10. The zero-order chi connectivity index (χ0) is 30.2. The van der Waals surface area contributed by atoms with Crippen LogP contribution in [0.3, 0.4) is 0 Å². The zero-order valence-corrected chi connectivity index (χ0v) is 24.2. The molecule has 3 aromatic carbocycles. The van der Waals surface area contributed by atoms with Crippen molar-refractivity contribution in [3.8, 4) is 11.5 Å². The molecule has 1 N–H and O–H groups in total. The Morgan fingerprint density at radius 1 is 0.976 bits per heavy atom. The predicted molar refractivity (Wildman–Crippen MR) is 156 cm³/mol. The van der Waals surface area contributed by atoms with E-state index in [0.29, 0.717) is 35.7 Å². The number of halogens is 1. The van der Waals surface area contributed by atoms with E-state index >= 15 is 0 Å². The Morgan fingerprint density at radius 3 is 2.33 bits per heavy atom. The lowest BCUT2D eigenvalue weighted by Gasteiger charge is -2.34. The van der Waals surface area contributed by atoms with E-state index in [1.807, 2.05) is 18.2 Å². The Balaban J connectivity index is 1.44. The van der Waals surface area contributed by atoms with Gasteiger partial charge in [-0.2, -0.15) is 0 Å². The molecule has 0 saturated heterocycles. The minimum atomic E-state index is -0.737. The lowest BCUT2D eigenvalue weighted by atomic mass is 9.83.